The van der Waals surface area contributed by atoms with Crippen LogP contribution in [0.2, 0.25) is 0 Å². The van der Waals surface area contributed by atoms with Gasteiger partial charge in [0.2, 0.25) is 0 Å². The van der Waals surface area contributed by atoms with Gasteiger partial charge in [0.1, 0.15) is 18.2 Å². The lowest BCUT2D eigenvalue weighted by atomic mass is 9.80. The summed E-state index contributed by atoms with van der Waals surface area (Å²) >= 11 is 0. The van der Waals surface area contributed by atoms with Gasteiger partial charge in [0.05, 0.1) is 39.5 Å². The Morgan fingerprint density at radius 1 is 0.603 bits per heavy atom. The van der Waals surface area contributed by atoms with E-state index in [1.807, 2.05) is 13.1 Å². The largest absolute Gasteiger partial charge is 0.455 e. The number of aromatic nitrogens is 3. The van der Waals surface area contributed by atoms with Crippen LogP contribution in [-0.2, 0) is 29.1 Å². The number of rotatable bonds is 9. The van der Waals surface area contributed by atoms with Crippen LogP contribution in [0.1, 0.15) is 129 Å². The second kappa shape index (κ2) is 16.2. The third kappa shape index (κ3) is 8.58. The molecule has 0 unspecified atom stereocenters. The van der Waals surface area contributed by atoms with Crippen molar-refractivity contribution in [2.45, 2.75) is 133 Å². The number of benzene rings is 4. The van der Waals surface area contributed by atoms with Crippen LogP contribution < -0.4 is 14.5 Å². The first-order valence-corrected chi connectivity index (χ1v) is 23.1. The Kier molecular flexibility index (Phi) is 11.3. The summed E-state index contributed by atoms with van der Waals surface area (Å²) in [5, 5.41) is 2.54. The van der Waals surface area contributed by atoms with Crippen LogP contribution in [0.4, 0.5) is 22.7 Å². The second-order valence-electron chi connectivity index (χ2n) is 22.0. The van der Waals surface area contributed by atoms with Gasteiger partial charge in [-0.2, -0.15) is 0 Å². The van der Waals surface area contributed by atoms with Gasteiger partial charge >= 0.3 is 0 Å². The fourth-order valence-corrected chi connectivity index (χ4v) is 9.27. The van der Waals surface area contributed by atoms with Crippen molar-refractivity contribution < 1.29 is 4.74 Å². The van der Waals surface area contributed by atoms with Gasteiger partial charge in [-0.25, -0.2) is 4.98 Å². The molecule has 0 aliphatic carbocycles. The van der Waals surface area contributed by atoms with Crippen LogP contribution in [-0.4, -0.2) is 21.2 Å². The third-order valence-electron chi connectivity index (χ3n) is 12.7. The standard InChI is InChI=1S/C57H69N5O/c1-35(2)26-39-20-23-49-54(46(39)27-36(3)4)45-22-21-44(32-51(45)62(49)53-31-40(24-25-58-53)55(7,8)9)63-52-33-50(37(5)59-38(52)6)61-34-60(47-18-16-17-19-48(47)61)43-29-41(56(10,11)12)28-42(30-43)57(13,14)15/h16-25,28-33,35-36H,26-27,34H2,1-15H3. The normalized spacial score (nSPS) is 13.6. The van der Waals surface area contributed by atoms with E-state index in [0.717, 1.165) is 58.4 Å². The predicted octanol–water partition coefficient (Wildman–Crippen LogP) is 15.5. The first-order chi connectivity index (χ1) is 29.6. The van der Waals surface area contributed by atoms with E-state index in [1.165, 1.54) is 55.5 Å². The smallest absolute Gasteiger partial charge is 0.150 e. The third-order valence-corrected chi connectivity index (χ3v) is 12.7. The molecule has 1 aliphatic heterocycles. The van der Waals surface area contributed by atoms with Crippen LogP contribution in [0.3, 0.4) is 0 Å². The molecular weight excluding hydrogens is 771 g/mol. The Hall–Kier alpha value is -5.62. The summed E-state index contributed by atoms with van der Waals surface area (Å²) in [7, 11) is 0. The number of ether oxygens (including phenoxy) is 1. The zero-order valence-electron chi connectivity index (χ0n) is 40.7. The van der Waals surface area contributed by atoms with Gasteiger partial charge < -0.3 is 14.5 Å². The lowest BCUT2D eigenvalue weighted by Gasteiger charge is -2.29. The summed E-state index contributed by atoms with van der Waals surface area (Å²) < 4.78 is 9.34. The molecule has 6 nitrogen and oxygen atoms in total. The molecule has 0 bridgehead atoms. The Balaban J connectivity index is 1.24. The second-order valence-corrected chi connectivity index (χ2v) is 22.0. The Bertz CT molecular complexity index is 2810. The average Bonchev–Trinajstić information content (AvgIpc) is 3.74. The molecule has 0 saturated heterocycles. The van der Waals surface area contributed by atoms with E-state index in [2.05, 4.69) is 202 Å². The minimum absolute atomic E-state index is 0.00999. The van der Waals surface area contributed by atoms with Gasteiger partial charge in [0.15, 0.2) is 5.75 Å². The van der Waals surface area contributed by atoms with Gasteiger partial charge in [0.25, 0.3) is 0 Å². The molecule has 0 N–H and O–H groups in total. The van der Waals surface area contributed by atoms with Crippen molar-refractivity contribution in [2.75, 3.05) is 16.5 Å². The maximum atomic E-state index is 6.98. The van der Waals surface area contributed by atoms with Gasteiger partial charge in [0, 0.05) is 34.8 Å². The van der Waals surface area contributed by atoms with Crippen molar-refractivity contribution in [1.29, 1.82) is 0 Å². The first kappa shape index (κ1) is 44.0. The number of fused-ring (bicyclic) bond motifs is 4. The average molecular weight is 840 g/mol. The summed E-state index contributed by atoms with van der Waals surface area (Å²) in [6, 6.07) is 33.8. The van der Waals surface area contributed by atoms with Gasteiger partial charge in [-0.1, -0.05) is 114 Å². The summed E-state index contributed by atoms with van der Waals surface area (Å²) in [4.78, 5) is 15.0. The zero-order valence-corrected chi connectivity index (χ0v) is 40.7. The van der Waals surface area contributed by atoms with E-state index in [4.69, 9.17) is 14.7 Å². The number of nitrogens with zero attached hydrogens (tertiary/aromatic N) is 5. The quantitative estimate of drug-likeness (QED) is 0.145. The van der Waals surface area contributed by atoms with Crippen LogP contribution >= 0.6 is 0 Å². The molecule has 0 spiro atoms. The van der Waals surface area contributed by atoms with E-state index in [0.29, 0.717) is 18.5 Å². The molecule has 3 aromatic heterocycles. The molecular formula is C57H69N5O. The van der Waals surface area contributed by atoms with Crippen molar-refractivity contribution in [3.05, 3.63) is 136 Å². The molecule has 63 heavy (non-hydrogen) atoms. The molecule has 328 valence electrons. The number of hydrogen-bond donors (Lipinski definition) is 0. The summed E-state index contributed by atoms with van der Waals surface area (Å²) in [6.07, 6.45) is 4.02. The van der Waals surface area contributed by atoms with Crippen LogP contribution in [0, 0.1) is 25.7 Å². The molecule has 0 atom stereocenters. The van der Waals surface area contributed by atoms with Crippen LogP contribution in [0.15, 0.2) is 97.2 Å². The summed E-state index contributed by atoms with van der Waals surface area (Å²) in [5.74, 6) is 3.50. The van der Waals surface area contributed by atoms with Crippen molar-refractivity contribution in [2.24, 2.45) is 11.8 Å². The topological polar surface area (TPSA) is 46.4 Å². The highest BCUT2D eigenvalue weighted by Crippen LogP contribution is 2.48. The van der Waals surface area contributed by atoms with E-state index in [1.54, 1.807) is 0 Å². The Morgan fingerprint density at radius 3 is 1.86 bits per heavy atom. The highest BCUT2D eigenvalue weighted by Gasteiger charge is 2.32. The van der Waals surface area contributed by atoms with E-state index in [-0.39, 0.29) is 16.2 Å². The van der Waals surface area contributed by atoms with Crippen molar-refractivity contribution >= 4 is 44.6 Å². The summed E-state index contributed by atoms with van der Waals surface area (Å²) in [5.41, 5.74) is 15.5. The number of aryl methyl sites for hydroxylation is 2. The summed E-state index contributed by atoms with van der Waals surface area (Å²) in [6.45, 7) is 34.7. The maximum absolute atomic E-state index is 6.98. The number of pyridine rings is 2. The predicted molar refractivity (Wildman–Crippen MR) is 268 cm³/mol. The fraction of sp³-hybridized carbons (Fsp3) is 0.404. The first-order valence-electron chi connectivity index (χ1n) is 23.1. The van der Waals surface area contributed by atoms with E-state index < -0.39 is 0 Å². The maximum Gasteiger partial charge on any atom is 0.150 e. The van der Waals surface area contributed by atoms with Crippen molar-refractivity contribution in [1.82, 2.24) is 14.5 Å². The van der Waals surface area contributed by atoms with Gasteiger partial charge in [-0.15, -0.1) is 0 Å². The molecule has 6 heteroatoms. The molecule has 0 amide bonds. The molecule has 4 heterocycles. The Morgan fingerprint density at radius 2 is 1.24 bits per heavy atom. The lowest BCUT2D eigenvalue weighted by molar-refractivity contribution is 0.476. The van der Waals surface area contributed by atoms with Gasteiger partial charge in [-0.3, -0.25) is 9.55 Å². The Labute approximate surface area is 377 Å². The SMILES string of the molecule is Cc1nc(C)c(N2CN(c3cc(C(C)(C)C)cc(C(C)(C)C)c3)c3ccccc32)cc1Oc1ccc2c3c(CC(C)C)c(CC(C)C)ccc3n(-c3cc(C(C)(C)C)ccn3)c2c1. The van der Waals surface area contributed by atoms with E-state index >= 15 is 0 Å². The van der Waals surface area contributed by atoms with Crippen molar-refractivity contribution in [3.8, 4) is 17.3 Å². The highest BCUT2D eigenvalue weighted by molar-refractivity contribution is 6.11. The minimum atomic E-state index is -0.0235. The molecule has 4 aromatic carbocycles. The number of hydrogen-bond acceptors (Lipinski definition) is 5. The molecule has 0 saturated carbocycles. The fourth-order valence-electron chi connectivity index (χ4n) is 9.27. The molecule has 8 rings (SSSR count). The van der Waals surface area contributed by atoms with Crippen molar-refractivity contribution in [3.63, 3.8) is 0 Å². The van der Waals surface area contributed by atoms with Crippen LogP contribution in [0.25, 0.3) is 27.6 Å². The van der Waals surface area contributed by atoms with Gasteiger partial charge in [-0.05, 0) is 137 Å². The van der Waals surface area contributed by atoms with E-state index in [9.17, 15) is 0 Å². The highest BCUT2D eigenvalue weighted by atomic mass is 16.5. The van der Waals surface area contributed by atoms with Crippen LogP contribution in [0.5, 0.6) is 11.5 Å². The molecule has 0 radical (unpaired) electrons. The lowest BCUT2D eigenvalue weighted by Crippen LogP contribution is -2.26. The monoisotopic (exact) mass is 840 g/mol. The zero-order chi connectivity index (χ0) is 45.3. The molecule has 0 fully saturated rings. The minimum Gasteiger partial charge on any atom is -0.455 e. The number of anilines is 4. The molecule has 1 aliphatic rings. The molecule has 7 aromatic rings. The number of para-hydroxylation sites is 2.